The van der Waals surface area contributed by atoms with Crippen molar-refractivity contribution < 1.29 is 15.0 Å². The molecule has 7 nitrogen and oxygen atoms in total. The zero-order valence-electron chi connectivity index (χ0n) is 13.7. The Bertz CT molecular complexity index is 581. The summed E-state index contributed by atoms with van der Waals surface area (Å²) in [5, 5.41) is 18.8. The molecule has 0 saturated carbocycles. The lowest BCUT2D eigenvalue weighted by molar-refractivity contribution is -0.137. The molecule has 0 radical (unpaired) electrons. The van der Waals surface area contributed by atoms with E-state index in [-0.39, 0.29) is 12.2 Å². The normalized spacial score (nSPS) is 11.4. The minimum Gasteiger partial charge on any atom is -0.503 e. The predicted octanol–water partition coefficient (Wildman–Crippen LogP) is 0.330. The van der Waals surface area contributed by atoms with Gasteiger partial charge in [0.1, 0.15) is 0 Å². The van der Waals surface area contributed by atoms with Crippen LogP contribution in [0.2, 0.25) is 0 Å². The van der Waals surface area contributed by atoms with Gasteiger partial charge in [0, 0.05) is 37.9 Å². The third-order valence-electron chi connectivity index (χ3n) is 3.50. The highest BCUT2D eigenvalue weighted by Gasteiger charge is 2.15. The second kappa shape index (κ2) is 7.95. The van der Waals surface area contributed by atoms with Crippen LogP contribution >= 0.6 is 0 Å². The lowest BCUT2D eigenvalue weighted by Gasteiger charge is -2.23. The predicted molar refractivity (Wildman–Crippen MR) is 84.2 cm³/mol. The van der Waals surface area contributed by atoms with Gasteiger partial charge in [-0.2, -0.15) is 0 Å². The molecule has 1 heterocycles. The van der Waals surface area contributed by atoms with E-state index in [0.717, 1.165) is 12.2 Å². The Morgan fingerprint density at radius 3 is 2.45 bits per heavy atom. The first-order chi connectivity index (χ1) is 10.2. The van der Waals surface area contributed by atoms with Gasteiger partial charge in [0.2, 0.25) is 5.43 Å². The Morgan fingerprint density at radius 2 is 1.91 bits per heavy atom. The van der Waals surface area contributed by atoms with Crippen molar-refractivity contribution in [3.8, 4) is 5.75 Å². The van der Waals surface area contributed by atoms with E-state index in [2.05, 4.69) is 0 Å². The van der Waals surface area contributed by atoms with E-state index in [1.165, 1.54) is 6.07 Å². The monoisotopic (exact) mass is 311 g/mol. The SMILES string of the molecule is Cc1cc(=O)c(O)c(CN(C)CCC(=O)O)n1CCN(C)C. The van der Waals surface area contributed by atoms with Gasteiger partial charge in [-0.25, -0.2) is 0 Å². The van der Waals surface area contributed by atoms with Crippen LogP contribution < -0.4 is 5.43 Å². The van der Waals surface area contributed by atoms with Gasteiger partial charge in [0.25, 0.3) is 0 Å². The average Bonchev–Trinajstić information content (AvgIpc) is 2.41. The zero-order valence-corrected chi connectivity index (χ0v) is 13.7. The van der Waals surface area contributed by atoms with Gasteiger partial charge in [-0.3, -0.25) is 14.5 Å². The molecule has 124 valence electrons. The summed E-state index contributed by atoms with van der Waals surface area (Å²) >= 11 is 0. The number of hydrogen-bond donors (Lipinski definition) is 2. The molecule has 0 saturated heterocycles. The Hall–Kier alpha value is -1.86. The number of nitrogens with zero attached hydrogens (tertiary/aromatic N) is 3. The Labute approximate surface area is 130 Å². The van der Waals surface area contributed by atoms with Gasteiger partial charge < -0.3 is 19.7 Å². The van der Waals surface area contributed by atoms with Crippen LogP contribution in [0.1, 0.15) is 17.8 Å². The fourth-order valence-electron chi connectivity index (χ4n) is 2.21. The molecule has 22 heavy (non-hydrogen) atoms. The quantitative estimate of drug-likeness (QED) is 0.719. The van der Waals surface area contributed by atoms with Gasteiger partial charge >= 0.3 is 5.97 Å². The summed E-state index contributed by atoms with van der Waals surface area (Å²) < 4.78 is 1.91. The Morgan fingerprint density at radius 1 is 1.27 bits per heavy atom. The molecule has 0 aliphatic rings. The Balaban J connectivity index is 3.03. The van der Waals surface area contributed by atoms with Crippen molar-refractivity contribution in [3.05, 3.63) is 27.7 Å². The van der Waals surface area contributed by atoms with Crippen molar-refractivity contribution in [1.82, 2.24) is 14.4 Å². The molecular weight excluding hydrogens is 286 g/mol. The molecule has 0 bridgehead atoms. The van der Waals surface area contributed by atoms with Crippen molar-refractivity contribution >= 4 is 5.97 Å². The molecule has 1 aromatic heterocycles. The van der Waals surface area contributed by atoms with Crippen LogP contribution in [0, 0.1) is 6.92 Å². The molecule has 0 amide bonds. The second-order valence-electron chi connectivity index (χ2n) is 5.78. The molecule has 0 unspecified atom stereocenters. The third-order valence-corrected chi connectivity index (χ3v) is 3.50. The van der Waals surface area contributed by atoms with E-state index in [0.29, 0.717) is 25.3 Å². The van der Waals surface area contributed by atoms with Crippen molar-refractivity contribution in [2.75, 3.05) is 34.2 Å². The molecule has 1 aromatic rings. The topological polar surface area (TPSA) is 86.0 Å². The van der Waals surface area contributed by atoms with Gasteiger partial charge in [-0.05, 0) is 28.1 Å². The number of likely N-dealkylation sites (N-methyl/N-ethyl adjacent to an activating group) is 1. The molecule has 0 fully saturated rings. The fourth-order valence-corrected chi connectivity index (χ4v) is 2.21. The minimum absolute atomic E-state index is 0.0189. The maximum absolute atomic E-state index is 11.8. The number of pyridine rings is 1. The van der Waals surface area contributed by atoms with E-state index in [1.807, 2.05) is 30.5 Å². The summed E-state index contributed by atoms with van der Waals surface area (Å²) in [5.41, 5.74) is 0.909. The number of carboxylic acid groups (broad SMARTS) is 1. The molecule has 0 aromatic carbocycles. The van der Waals surface area contributed by atoms with Gasteiger partial charge in [-0.15, -0.1) is 0 Å². The molecule has 0 atom stereocenters. The van der Waals surface area contributed by atoms with E-state index in [4.69, 9.17) is 5.11 Å². The van der Waals surface area contributed by atoms with Crippen LogP contribution in [0.15, 0.2) is 10.9 Å². The van der Waals surface area contributed by atoms with Crippen molar-refractivity contribution in [3.63, 3.8) is 0 Å². The van der Waals surface area contributed by atoms with Crippen molar-refractivity contribution in [2.45, 2.75) is 26.4 Å². The molecule has 0 aliphatic carbocycles. The number of aryl methyl sites for hydroxylation is 1. The molecule has 0 spiro atoms. The Kier molecular flexibility index (Phi) is 6.58. The van der Waals surface area contributed by atoms with Gasteiger partial charge in [-0.1, -0.05) is 0 Å². The number of carbonyl (C=O) groups is 1. The second-order valence-corrected chi connectivity index (χ2v) is 5.78. The fraction of sp³-hybridized carbons (Fsp3) is 0.600. The van der Waals surface area contributed by atoms with Crippen LogP contribution in [0.4, 0.5) is 0 Å². The lowest BCUT2D eigenvalue weighted by atomic mass is 10.2. The largest absolute Gasteiger partial charge is 0.503 e. The molecule has 0 aliphatic heterocycles. The molecule has 1 rings (SSSR count). The highest BCUT2D eigenvalue weighted by Crippen LogP contribution is 2.16. The third kappa shape index (κ3) is 5.16. The first-order valence-corrected chi connectivity index (χ1v) is 7.19. The number of rotatable bonds is 8. The highest BCUT2D eigenvalue weighted by molar-refractivity contribution is 5.66. The summed E-state index contributed by atoms with van der Waals surface area (Å²) in [5.74, 6) is -1.13. The molecular formula is C15H25N3O4. The maximum Gasteiger partial charge on any atom is 0.304 e. The molecule has 2 N–H and O–H groups in total. The summed E-state index contributed by atoms with van der Waals surface area (Å²) in [6.07, 6.45) is 0.0189. The van der Waals surface area contributed by atoms with Crippen molar-refractivity contribution in [2.24, 2.45) is 0 Å². The number of aromatic nitrogens is 1. The summed E-state index contributed by atoms with van der Waals surface area (Å²) in [6, 6.07) is 1.42. The van der Waals surface area contributed by atoms with Crippen LogP contribution in [-0.2, 0) is 17.9 Å². The number of aliphatic carboxylic acids is 1. The minimum atomic E-state index is -0.870. The highest BCUT2D eigenvalue weighted by atomic mass is 16.4. The van der Waals surface area contributed by atoms with Crippen LogP contribution in [0.25, 0.3) is 0 Å². The van der Waals surface area contributed by atoms with Gasteiger partial charge in [0.15, 0.2) is 5.75 Å². The first-order valence-electron chi connectivity index (χ1n) is 7.19. The number of carboxylic acids is 1. The first kappa shape index (κ1) is 18.2. The number of aromatic hydroxyl groups is 1. The van der Waals surface area contributed by atoms with Crippen LogP contribution in [0.5, 0.6) is 5.75 Å². The zero-order chi connectivity index (χ0) is 16.9. The smallest absolute Gasteiger partial charge is 0.304 e. The summed E-state index contributed by atoms with van der Waals surface area (Å²) in [4.78, 5) is 26.3. The van der Waals surface area contributed by atoms with E-state index in [1.54, 1.807) is 11.9 Å². The maximum atomic E-state index is 11.8. The number of hydrogen-bond acceptors (Lipinski definition) is 5. The van der Waals surface area contributed by atoms with E-state index < -0.39 is 11.4 Å². The summed E-state index contributed by atoms with van der Waals surface area (Å²) in [6.45, 7) is 3.93. The van der Waals surface area contributed by atoms with Gasteiger partial charge in [0.05, 0.1) is 12.1 Å². The average molecular weight is 311 g/mol. The summed E-state index contributed by atoms with van der Waals surface area (Å²) in [7, 11) is 5.68. The van der Waals surface area contributed by atoms with E-state index >= 15 is 0 Å². The van der Waals surface area contributed by atoms with E-state index in [9.17, 15) is 14.7 Å². The van der Waals surface area contributed by atoms with Crippen LogP contribution in [0.3, 0.4) is 0 Å². The molecule has 7 heteroatoms. The van der Waals surface area contributed by atoms with Crippen molar-refractivity contribution in [1.29, 1.82) is 0 Å². The standard InChI is InChI=1S/C15H25N3O4/c1-11-9-13(19)15(22)12(18(11)8-7-16(2)3)10-17(4)6-5-14(20)21/h9,22H,5-8,10H2,1-4H3,(H,20,21). The lowest BCUT2D eigenvalue weighted by Crippen LogP contribution is -2.28. The van der Waals surface area contributed by atoms with Crippen LogP contribution in [-0.4, -0.2) is 64.8 Å².